The Morgan fingerprint density at radius 3 is 2.36 bits per heavy atom. The lowest BCUT2D eigenvalue weighted by atomic mass is 9.95. The van der Waals surface area contributed by atoms with Crippen LogP contribution in [0.5, 0.6) is 0 Å². The van der Waals surface area contributed by atoms with E-state index in [9.17, 15) is 5.11 Å². The normalized spacial score (nSPS) is 18.2. The standard InChI is InChI=1S/C11H26N2O/c1-5-11(4,14)8-13-7-10(6-12)9(2)3/h9-10,13-14H,5-8,12H2,1-4H3. The molecular weight excluding hydrogens is 176 g/mol. The lowest BCUT2D eigenvalue weighted by Crippen LogP contribution is -2.41. The largest absolute Gasteiger partial charge is 0.389 e. The van der Waals surface area contributed by atoms with E-state index in [-0.39, 0.29) is 0 Å². The van der Waals surface area contributed by atoms with Crippen molar-refractivity contribution in [3.8, 4) is 0 Å². The maximum Gasteiger partial charge on any atom is 0.0740 e. The second-order valence-electron chi connectivity index (χ2n) is 4.72. The summed E-state index contributed by atoms with van der Waals surface area (Å²) in [4.78, 5) is 0. The van der Waals surface area contributed by atoms with Gasteiger partial charge in [0.15, 0.2) is 0 Å². The highest BCUT2D eigenvalue weighted by molar-refractivity contribution is 4.75. The van der Waals surface area contributed by atoms with E-state index in [0.717, 1.165) is 13.0 Å². The molecule has 3 heteroatoms. The van der Waals surface area contributed by atoms with Crippen LogP contribution in [0.4, 0.5) is 0 Å². The Morgan fingerprint density at radius 2 is 2.00 bits per heavy atom. The average Bonchev–Trinajstić information content (AvgIpc) is 2.12. The van der Waals surface area contributed by atoms with E-state index in [1.807, 2.05) is 13.8 Å². The molecule has 86 valence electrons. The summed E-state index contributed by atoms with van der Waals surface area (Å²) in [5.74, 6) is 1.10. The Bertz CT molecular complexity index is 146. The van der Waals surface area contributed by atoms with Crippen molar-refractivity contribution in [3.05, 3.63) is 0 Å². The van der Waals surface area contributed by atoms with Crippen molar-refractivity contribution in [2.45, 2.75) is 39.7 Å². The van der Waals surface area contributed by atoms with Crippen LogP contribution in [-0.4, -0.2) is 30.3 Å². The van der Waals surface area contributed by atoms with E-state index in [2.05, 4.69) is 19.2 Å². The number of rotatable bonds is 7. The summed E-state index contributed by atoms with van der Waals surface area (Å²) < 4.78 is 0. The van der Waals surface area contributed by atoms with Crippen molar-refractivity contribution in [1.29, 1.82) is 0 Å². The molecule has 0 heterocycles. The molecule has 0 saturated carbocycles. The highest BCUT2D eigenvalue weighted by Crippen LogP contribution is 2.09. The van der Waals surface area contributed by atoms with Crippen LogP contribution in [-0.2, 0) is 0 Å². The fourth-order valence-corrected chi connectivity index (χ4v) is 1.24. The zero-order valence-electron chi connectivity index (χ0n) is 10.0. The molecule has 4 N–H and O–H groups in total. The Morgan fingerprint density at radius 1 is 1.43 bits per heavy atom. The van der Waals surface area contributed by atoms with Gasteiger partial charge in [-0.2, -0.15) is 0 Å². The van der Waals surface area contributed by atoms with Gasteiger partial charge >= 0.3 is 0 Å². The lowest BCUT2D eigenvalue weighted by molar-refractivity contribution is 0.0544. The maximum atomic E-state index is 9.75. The first-order chi connectivity index (χ1) is 6.43. The molecule has 0 aromatic carbocycles. The summed E-state index contributed by atoms with van der Waals surface area (Å²) in [7, 11) is 0. The third-order valence-corrected chi connectivity index (χ3v) is 2.92. The van der Waals surface area contributed by atoms with Crippen LogP contribution in [0.3, 0.4) is 0 Å². The fraction of sp³-hybridized carbons (Fsp3) is 1.00. The summed E-state index contributed by atoms with van der Waals surface area (Å²) in [6, 6.07) is 0. The first kappa shape index (κ1) is 13.9. The highest BCUT2D eigenvalue weighted by atomic mass is 16.3. The molecule has 0 bridgehead atoms. The predicted molar refractivity (Wildman–Crippen MR) is 61.2 cm³/mol. The van der Waals surface area contributed by atoms with E-state index in [1.165, 1.54) is 0 Å². The quantitative estimate of drug-likeness (QED) is 0.576. The molecule has 0 amide bonds. The first-order valence-corrected chi connectivity index (χ1v) is 5.56. The molecule has 0 aromatic rings. The van der Waals surface area contributed by atoms with Gasteiger partial charge in [0.1, 0.15) is 0 Å². The molecule has 0 spiro atoms. The van der Waals surface area contributed by atoms with Crippen LogP contribution in [0.2, 0.25) is 0 Å². The predicted octanol–water partition coefficient (Wildman–Crippen LogP) is 0.968. The Labute approximate surface area is 88.1 Å². The molecule has 0 aliphatic carbocycles. The van der Waals surface area contributed by atoms with Crippen molar-refractivity contribution in [2.24, 2.45) is 17.6 Å². The number of nitrogens with one attached hydrogen (secondary N) is 1. The van der Waals surface area contributed by atoms with Crippen LogP contribution in [0.15, 0.2) is 0 Å². The van der Waals surface area contributed by atoms with Gasteiger partial charge in [-0.05, 0) is 38.3 Å². The van der Waals surface area contributed by atoms with Crippen LogP contribution in [0.25, 0.3) is 0 Å². The Balaban J connectivity index is 3.71. The summed E-state index contributed by atoms with van der Waals surface area (Å²) in [5, 5.41) is 13.0. The van der Waals surface area contributed by atoms with Crippen LogP contribution < -0.4 is 11.1 Å². The SMILES string of the molecule is CCC(C)(O)CNCC(CN)C(C)C. The molecule has 3 nitrogen and oxygen atoms in total. The molecule has 0 fully saturated rings. The van der Waals surface area contributed by atoms with Crippen molar-refractivity contribution in [3.63, 3.8) is 0 Å². The zero-order valence-corrected chi connectivity index (χ0v) is 10.0. The number of hydrogen-bond donors (Lipinski definition) is 3. The van der Waals surface area contributed by atoms with Gasteiger partial charge in [-0.3, -0.25) is 0 Å². The molecule has 0 radical (unpaired) electrons. The number of nitrogens with two attached hydrogens (primary N) is 1. The molecule has 0 aromatic heterocycles. The number of hydrogen-bond acceptors (Lipinski definition) is 3. The minimum Gasteiger partial charge on any atom is -0.389 e. The smallest absolute Gasteiger partial charge is 0.0740 e. The Hall–Kier alpha value is -0.120. The molecule has 2 unspecified atom stereocenters. The van der Waals surface area contributed by atoms with Gasteiger partial charge in [0, 0.05) is 6.54 Å². The average molecular weight is 202 g/mol. The lowest BCUT2D eigenvalue weighted by Gasteiger charge is -2.25. The van der Waals surface area contributed by atoms with Gasteiger partial charge in [-0.1, -0.05) is 20.8 Å². The fourth-order valence-electron chi connectivity index (χ4n) is 1.24. The van der Waals surface area contributed by atoms with Crippen LogP contribution >= 0.6 is 0 Å². The molecule has 0 aliphatic rings. The van der Waals surface area contributed by atoms with Gasteiger partial charge in [0.2, 0.25) is 0 Å². The van der Waals surface area contributed by atoms with E-state index in [4.69, 9.17) is 5.73 Å². The summed E-state index contributed by atoms with van der Waals surface area (Å²) >= 11 is 0. The van der Waals surface area contributed by atoms with Crippen molar-refractivity contribution in [1.82, 2.24) is 5.32 Å². The van der Waals surface area contributed by atoms with Gasteiger partial charge in [0.05, 0.1) is 5.60 Å². The van der Waals surface area contributed by atoms with Crippen LogP contribution in [0, 0.1) is 11.8 Å². The van der Waals surface area contributed by atoms with E-state index in [1.54, 1.807) is 0 Å². The monoisotopic (exact) mass is 202 g/mol. The van der Waals surface area contributed by atoms with Gasteiger partial charge in [-0.25, -0.2) is 0 Å². The molecular formula is C11H26N2O. The van der Waals surface area contributed by atoms with Crippen molar-refractivity contribution >= 4 is 0 Å². The minimum atomic E-state index is -0.587. The zero-order chi connectivity index (χ0) is 11.2. The van der Waals surface area contributed by atoms with Crippen molar-refractivity contribution < 1.29 is 5.11 Å². The molecule has 0 saturated heterocycles. The minimum absolute atomic E-state index is 0.502. The second kappa shape index (κ2) is 6.38. The molecule has 2 atom stereocenters. The van der Waals surface area contributed by atoms with Gasteiger partial charge < -0.3 is 16.2 Å². The molecule has 0 aliphatic heterocycles. The van der Waals surface area contributed by atoms with Crippen molar-refractivity contribution in [2.75, 3.05) is 19.6 Å². The molecule has 0 rings (SSSR count). The van der Waals surface area contributed by atoms with Crippen LogP contribution in [0.1, 0.15) is 34.1 Å². The molecule has 14 heavy (non-hydrogen) atoms. The summed E-state index contributed by atoms with van der Waals surface area (Å²) in [6.45, 7) is 10.4. The third-order valence-electron chi connectivity index (χ3n) is 2.92. The Kier molecular flexibility index (Phi) is 6.33. The third kappa shape index (κ3) is 5.58. The van der Waals surface area contributed by atoms with Gasteiger partial charge in [0.25, 0.3) is 0 Å². The maximum absolute atomic E-state index is 9.75. The summed E-state index contributed by atoms with van der Waals surface area (Å²) in [6.07, 6.45) is 0.773. The van der Waals surface area contributed by atoms with Gasteiger partial charge in [-0.15, -0.1) is 0 Å². The highest BCUT2D eigenvalue weighted by Gasteiger charge is 2.18. The van der Waals surface area contributed by atoms with E-state index < -0.39 is 5.60 Å². The number of aliphatic hydroxyl groups is 1. The topological polar surface area (TPSA) is 58.3 Å². The second-order valence-corrected chi connectivity index (χ2v) is 4.72. The first-order valence-electron chi connectivity index (χ1n) is 5.56. The van der Waals surface area contributed by atoms with E-state index in [0.29, 0.717) is 24.9 Å². The van der Waals surface area contributed by atoms with E-state index >= 15 is 0 Å². The summed E-state index contributed by atoms with van der Waals surface area (Å²) in [5.41, 5.74) is 5.07.